The van der Waals surface area contributed by atoms with Gasteiger partial charge < -0.3 is 15.2 Å². The van der Waals surface area contributed by atoms with Gasteiger partial charge in [-0.25, -0.2) is 0 Å². The molecule has 2 aromatic carbocycles. The summed E-state index contributed by atoms with van der Waals surface area (Å²) in [5.74, 6) is 0.472. The third-order valence-corrected chi connectivity index (χ3v) is 9.45. The van der Waals surface area contributed by atoms with E-state index in [4.69, 9.17) is 15.2 Å². The van der Waals surface area contributed by atoms with Crippen molar-refractivity contribution in [2.75, 3.05) is 19.1 Å². The topological polar surface area (TPSA) is 114 Å². The average molecular weight is 628 g/mol. The molecule has 224 valence electrons. The number of rotatable bonds is 7. The van der Waals surface area contributed by atoms with E-state index in [1.165, 1.54) is 43.4 Å². The number of ether oxygens (including phenoxy) is 2. The second-order valence-corrected chi connectivity index (χ2v) is 13.1. The Kier molecular flexibility index (Phi) is 8.20. The molecule has 8 nitrogen and oxygen atoms in total. The Bertz CT molecular complexity index is 1690. The van der Waals surface area contributed by atoms with E-state index < -0.39 is 23.1 Å². The summed E-state index contributed by atoms with van der Waals surface area (Å²) < 4.78 is 51.0. The zero-order valence-electron chi connectivity index (χ0n) is 23.8. The van der Waals surface area contributed by atoms with Crippen LogP contribution in [0.15, 0.2) is 69.5 Å². The highest BCUT2D eigenvalue weighted by Crippen LogP contribution is 2.52. The van der Waals surface area contributed by atoms with Gasteiger partial charge in [-0.1, -0.05) is 55.1 Å². The fourth-order valence-corrected chi connectivity index (χ4v) is 7.26. The van der Waals surface area contributed by atoms with Crippen LogP contribution in [0.2, 0.25) is 0 Å². The molecule has 1 aliphatic heterocycles. The van der Waals surface area contributed by atoms with Gasteiger partial charge in [-0.2, -0.15) is 18.4 Å². The molecule has 5 rings (SSSR count). The molecule has 0 spiro atoms. The molecule has 0 amide bonds. The predicted octanol–water partition coefficient (Wildman–Crippen LogP) is 6.81. The summed E-state index contributed by atoms with van der Waals surface area (Å²) in [5.41, 5.74) is 7.89. The Balaban J connectivity index is 1.56. The number of thioether (sulfide) groups is 1. The highest BCUT2D eigenvalue weighted by molar-refractivity contribution is 8.00. The molecule has 0 radical (unpaired) electrons. The molecule has 1 aromatic heterocycles. The molecule has 0 saturated carbocycles. The van der Waals surface area contributed by atoms with Gasteiger partial charge in [-0.05, 0) is 41.7 Å². The first-order chi connectivity index (χ1) is 20.4. The van der Waals surface area contributed by atoms with Crippen molar-refractivity contribution < 1.29 is 27.4 Å². The number of anilines is 1. The minimum absolute atomic E-state index is 0.116. The Morgan fingerprint density at radius 1 is 1.16 bits per heavy atom. The molecular formula is C30H28F3N5O3S2. The van der Waals surface area contributed by atoms with Gasteiger partial charge in [-0.3, -0.25) is 9.69 Å². The number of carbonyl (C=O) groups is 1. The van der Waals surface area contributed by atoms with E-state index >= 15 is 0 Å². The normalized spacial score (nSPS) is 18.4. The number of Topliss-reactive ketones (excluding diaryl/α,β-unsaturated/α-hetero) is 1. The van der Waals surface area contributed by atoms with Gasteiger partial charge in [0.2, 0.25) is 5.13 Å². The molecule has 1 atom stereocenters. The lowest BCUT2D eigenvalue weighted by Crippen LogP contribution is -2.42. The van der Waals surface area contributed by atoms with Crippen LogP contribution in [0.4, 0.5) is 18.3 Å². The second-order valence-electron chi connectivity index (χ2n) is 10.9. The number of allylic oxidation sites excluding steroid dienone is 3. The van der Waals surface area contributed by atoms with Crippen molar-refractivity contribution in [3.05, 3.63) is 81.8 Å². The number of alkyl halides is 3. The molecule has 43 heavy (non-hydrogen) atoms. The Labute approximate surface area is 255 Å². The van der Waals surface area contributed by atoms with Crippen LogP contribution in [0.1, 0.15) is 49.3 Å². The lowest BCUT2D eigenvalue weighted by molar-refractivity contribution is -0.137. The maximum absolute atomic E-state index is 13.8. The van der Waals surface area contributed by atoms with Crippen LogP contribution in [0, 0.1) is 16.7 Å². The highest BCUT2D eigenvalue weighted by Gasteiger charge is 2.46. The van der Waals surface area contributed by atoms with Crippen LogP contribution in [0.3, 0.4) is 0 Å². The second kappa shape index (κ2) is 11.6. The average Bonchev–Trinajstić information content (AvgIpc) is 3.42. The van der Waals surface area contributed by atoms with Crippen molar-refractivity contribution in [3.63, 3.8) is 0 Å². The summed E-state index contributed by atoms with van der Waals surface area (Å²) in [6.45, 7) is 3.98. The Morgan fingerprint density at radius 3 is 2.60 bits per heavy atom. The molecule has 13 heteroatoms. The van der Waals surface area contributed by atoms with Gasteiger partial charge in [-0.15, -0.1) is 10.2 Å². The Hall–Kier alpha value is -4.02. The summed E-state index contributed by atoms with van der Waals surface area (Å²) in [5, 5.41) is 19.3. The smallest absolute Gasteiger partial charge is 0.416 e. The number of ketones is 1. The number of aromatic nitrogens is 2. The fraction of sp³-hybridized carbons (Fsp3) is 0.333. The van der Waals surface area contributed by atoms with Crippen molar-refractivity contribution in [2.45, 2.75) is 48.9 Å². The van der Waals surface area contributed by atoms with E-state index in [0.29, 0.717) is 49.8 Å². The SMILES string of the molecule is COc1ccc(OC)c(C2C(C#N)=C(N)N(c3nnc(SCc4cccc(C(F)(F)F)c4)s3)C3=C2C(=O)CC(C)(C)C3)c1. The molecule has 0 saturated heterocycles. The maximum Gasteiger partial charge on any atom is 0.416 e. The standard InChI is InChI=1S/C30H28F3N5O3S2/c1-29(2)12-21-25(22(39)13-29)24(19-11-18(40-3)8-9-23(19)41-4)20(14-34)26(35)38(21)27-36-37-28(43-27)42-15-16-6-5-7-17(10-16)30(31,32)33/h5-11,24H,12-13,15,35H2,1-4H3. The largest absolute Gasteiger partial charge is 0.497 e. The summed E-state index contributed by atoms with van der Waals surface area (Å²) in [6, 6.07) is 12.6. The Morgan fingerprint density at radius 2 is 1.93 bits per heavy atom. The molecule has 1 aliphatic carbocycles. The quantitative estimate of drug-likeness (QED) is 0.282. The summed E-state index contributed by atoms with van der Waals surface area (Å²) >= 11 is 2.42. The van der Waals surface area contributed by atoms with Crippen LogP contribution < -0.4 is 20.1 Å². The lowest BCUT2D eigenvalue weighted by Gasteiger charge is -2.42. The summed E-state index contributed by atoms with van der Waals surface area (Å²) in [4.78, 5) is 15.5. The van der Waals surface area contributed by atoms with E-state index in [-0.39, 0.29) is 29.4 Å². The van der Waals surface area contributed by atoms with Crippen molar-refractivity contribution >= 4 is 34.0 Å². The minimum Gasteiger partial charge on any atom is -0.497 e. The monoisotopic (exact) mass is 627 g/mol. The van der Waals surface area contributed by atoms with E-state index in [0.717, 1.165) is 12.1 Å². The number of benzene rings is 2. The first-order valence-corrected chi connectivity index (χ1v) is 15.0. The molecular weight excluding hydrogens is 599 g/mol. The van der Waals surface area contributed by atoms with Gasteiger partial charge >= 0.3 is 6.18 Å². The number of nitriles is 1. The van der Waals surface area contributed by atoms with Gasteiger partial charge in [0.25, 0.3) is 0 Å². The van der Waals surface area contributed by atoms with Crippen molar-refractivity contribution in [2.24, 2.45) is 11.1 Å². The van der Waals surface area contributed by atoms with Gasteiger partial charge in [0, 0.05) is 29.0 Å². The molecule has 0 fully saturated rings. The number of methoxy groups -OCH3 is 2. The van der Waals surface area contributed by atoms with Crippen molar-refractivity contribution in [1.29, 1.82) is 5.26 Å². The van der Waals surface area contributed by atoms with E-state index in [2.05, 4.69) is 16.3 Å². The first-order valence-electron chi connectivity index (χ1n) is 13.2. The van der Waals surface area contributed by atoms with Crippen LogP contribution in [0.5, 0.6) is 11.5 Å². The third-order valence-electron chi connectivity index (χ3n) is 7.33. The van der Waals surface area contributed by atoms with Gasteiger partial charge in [0.15, 0.2) is 10.1 Å². The number of nitrogens with zero attached hydrogens (tertiary/aromatic N) is 4. The zero-order valence-corrected chi connectivity index (χ0v) is 25.4. The van der Waals surface area contributed by atoms with Crippen LogP contribution in [-0.4, -0.2) is 30.2 Å². The summed E-state index contributed by atoms with van der Waals surface area (Å²) in [7, 11) is 3.04. The van der Waals surface area contributed by atoms with E-state index in [9.17, 15) is 23.2 Å². The maximum atomic E-state index is 13.8. The number of halogens is 3. The molecule has 2 aliphatic rings. The number of hydrogen-bond donors (Lipinski definition) is 1. The van der Waals surface area contributed by atoms with E-state index in [1.807, 2.05) is 13.8 Å². The number of carbonyl (C=O) groups excluding carboxylic acids is 1. The molecule has 2 heterocycles. The molecule has 2 N–H and O–H groups in total. The lowest BCUT2D eigenvalue weighted by atomic mass is 9.68. The summed E-state index contributed by atoms with van der Waals surface area (Å²) in [6.07, 6.45) is -3.69. The van der Waals surface area contributed by atoms with E-state index in [1.54, 1.807) is 29.2 Å². The first kappa shape index (κ1) is 30.4. The number of hydrogen-bond acceptors (Lipinski definition) is 10. The highest BCUT2D eigenvalue weighted by atomic mass is 32.2. The minimum atomic E-state index is -4.43. The van der Waals surface area contributed by atoms with Gasteiger partial charge in [0.1, 0.15) is 17.3 Å². The van der Waals surface area contributed by atoms with Gasteiger partial charge in [0.05, 0.1) is 37.3 Å². The molecule has 1 unspecified atom stereocenters. The van der Waals surface area contributed by atoms with Crippen LogP contribution in [-0.2, 0) is 16.7 Å². The van der Waals surface area contributed by atoms with Crippen LogP contribution in [0.25, 0.3) is 0 Å². The zero-order chi connectivity index (χ0) is 31.1. The molecule has 3 aromatic rings. The fourth-order valence-electron chi connectivity index (χ4n) is 5.44. The number of nitrogens with two attached hydrogens (primary N) is 1. The van der Waals surface area contributed by atoms with Crippen molar-refractivity contribution in [1.82, 2.24) is 10.2 Å². The van der Waals surface area contributed by atoms with Crippen molar-refractivity contribution in [3.8, 4) is 17.6 Å². The predicted molar refractivity (Wildman–Crippen MR) is 158 cm³/mol. The third kappa shape index (κ3) is 5.94. The van der Waals surface area contributed by atoms with Crippen LogP contribution >= 0.6 is 23.1 Å². The molecule has 0 bridgehead atoms.